The summed E-state index contributed by atoms with van der Waals surface area (Å²) in [7, 11) is 0. The number of rotatable bonds is 5. The topological polar surface area (TPSA) is 34.2 Å². The Bertz CT molecular complexity index is 250. The maximum atomic E-state index is 5.30. The fourth-order valence-corrected chi connectivity index (χ4v) is 1.03. The second-order valence-corrected chi connectivity index (χ2v) is 2.58. The largest absolute Gasteiger partial charge is 0.377 e. The van der Waals surface area contributed by atoms with Crippen LogP contribution < -0.4 is 5.32 Å². The van der Waals surface area contributed by atoms with Crippen LogP contribution in [0.5, 0.6) is 0 Å². The highest BCUT2D eigenvalue weighted by atomic mass is 16.5. The molecule has 0 bridgehead atoms. The van der Waals surface area contributed by atoms with Crippen LogP contribution in [0.25, 0.3) is 0 Å². The molecule has 71 valence electrons. The van der Waals surface area contributed by atoms with E-state index in [0.29, 0.717) is 13.2 Å². The molecule has 1 N–H and O–H groups in total. The predicted molar refractivity (Wildman–Crippen MR) is 52.6 cm³/mol. The molecule has 0 aromatic carbocycles. The lowest BCUT2D eigenvalue weighted by atomic mass is 10.2. The molecule has 1 aromatic heterocycles. The van der Waals surface area contributed by atoms with Crippen molar-refractivity contribution in [2.75, 3.05) is 18.5 Å². The van der Waals surface area contributed by atoms with Crippen LogP contribution in [0.3, 0.4) is 0 Å². The molecule has 13 heavy (non-hydrogen) atoms. The van der Waals surface area contributed by atoms with Crippen molar-refractivity contribution in [3.63, 3.8) is 0 Å². The highest BCUT2D eigenvalue weighted by Crippen LogP contribution is 2.11. The molecule has 0 saturated carbocycles. The van der Waals surface area contributed by atoms with Crippen LogP contribution in [0.2, 0.25) is 0 Å². The lowest BCUT2D eigenvalue weighted by Gasteiger charge is -2.08. The van der Waals surface area contributed by atoms with Gasteiger partial charge in [0, 0.05) is 24.9 Å². The molecule has 1 heterocycles. The van der Waals surface area contributed by atoms with E-state index in [9.17, 15) is 0 Å². The van der Waals surface area contributed by atoms with Gasteiger partial charge in [0.15, 0.2) is 0 Å². The molecule has 1 rings (SSSR count). The number of pyridine rings is 1. The van der Waals surface area contributed by atoms with E-state index in [4.69, 9.17) is 4.74 Å². The average Bonchev–Trinajstić information content (AvgIpc) is 2.17. The maximum absolute atomic E-state index is 5.30. The van der Waals surface area contributed by atoms with Crippen molar-refractivity contribution >= 4 is 5.82 Å². The first-order valence-electron chi connectivity index (χ1n) is 4.55. The Morgan fingerprint density at radius 3 is 3.08 bits per heavy atom. The van der Waals surface area contributed by atoms with Gasteiger partial charge in [-0.3, -0.25) is 0 Å². The number of ether oxygens (including phenoxy) is 1. The summed E-state index contributed by atoms with van der Waals surface area (Å²) in [6, 6.07) is 4.91. The Morgan fingerprint density at radius 1 is 1.54 bits per heavy atom. The van der Waals surface area contributed by atoms with Gasteiger partial charge in [-0.15, -0.1) is 0 Å². The molecule has 3 heteroatoms. The first-order chi connectivity index (χ1) is 6.38. The lowest BCUT2D eigenvalue weighted by molar-refractivity contribution is 0.134. The standard InChI is InChI=1S/C10H15N2O/c1-3-11-10-9(8-13-4-2)6-5-7-12-10/h5,7H,3-4,8H2,1-2H3,(H,11,12). The van der Waals surface area contributed by atoms with E-state index in [0.717, 1.165) is 17.9 Å². The van der Waals surface area contributed by atoms with Gasteiger partial charge in [0.2, 0.25) is 0 Å². The summed E-state index contributed by atoms with van der Waals surface area (Å²) < 4.78 is 5.30. The smallest absolute Gasteiger partial charge is 0.132 e. The van der Waals surface area contributed by atoms with Crippen LogP contribution in [0, 0.1) is 6.07 Å². The molecule has 3 nitrogen and oxygen atoms in total. The number of nitrogens with zero attached hydrogens (tertiary/aromatic N) is 1. The van der Waals surface area contributed by atoms with Crippen molar-refractivity contribution in [2.24, 2.45) is 0 Å². The highest BCUT2D eigenvalue weighted by Gasteiger charge is 2.00. The van der Waals surface area contributed by atoms with E-state index in [2.05, 4.69) is 16.4 Å². The molecule has 0 amide bonds. The van der Waals surface area contributed by atoms with Gasteiger partial charge in [-0.2, -0.15) is 0 Å². The Labute approximate surface area is 79.1 Å². The second kappa shape index (κ2) is 5.54. The van der Waals surface area contributed by atoms with Crippen LogP contribution in [0.4, 0.5) is 5.82 Å². The molecule has 0 unspecified atom stereocenters. The van der Waals surface area contributed by atoms with Gasteiger partial charge >= 0.3 is 0 Å². The Kier molecular flexibility index (Phi) is 4.26. The monoisotopic (exact) mass is 179 g/mol. The van der Waals surface area contributed by atoms with Crippen molar-refractivity contribution < 1.29 is 4.74 Å². The molecule has 1 radical (unpaired) electrons. The Hall–Kier alpha value is -1.09. The van der Waals surface area contributed by atoms with Crippen LogP contribution in [0.1, 0.15) is 19.4 Å². The zero-order valence-corrected chi connectivity index (χ0v) is 8.13. The summed E-state index contributed by atoms with van der Waals surface area (Å²) in [6.45, 7) is 6.17. The molecule has 0 spiro atoms. The zero-order valence-electron chi connectivity index (χ0n) is 8.13. The summed E-state index contributed by atoms with van der Waals surface area (Å²) in [4.78, 5) is 4.20. The number of nitrogens with one attached hydrogen (secondary N) is 1. The molecule has 0 aliphatic carbocycles. The lowest BCUT2D eigenvalue weighted by Crippen LogP contribution is -2.04. The summed E-state index contributed by atoms with van der Waals surface area (Å²) in [5.41, 5.74) is 0.992. The molecular formula is C10H15N2O. The SMILES string of the molecule is CCNc1ncc[c]c1COCC. The Morgan fingerprint density at radius 2 is 2.38 bits per heavy atom. The van der Waals surface area contributed by atoms with Gasteiger partial charge in [0.05, 0.1) is 6.61 Å². The second-order valence-electron chi connectivity index (χ2n) is 2.58. The number of hydrogen-bond acceptors (Lipinski definition) is 3. The van der Waals surface area contributed by atoms with E-state index in [1.54, 1.807) is 12.3 Å². The highest BCUT2D eigenvalue weighted by molar-refractivity contribution is 5.42. The van der Waals surface area contributed by atoms with Crippen LogP contribution in [-0.4, -0.2) is 18.1 Å². The summed E-state index contributed by atoms with van der Waals surface area (Å²) >= 11 is 0. The quantitative estimate of drug-likeness (QED) is 0.749. The molecule has 0 aliphatic heterocycles. The minimum atomic E-state index is 0.576. The predicted octanol–water partition coefficient (Wildman–Crippen LogP) is 1.85. The zero-order chi connectivity index (χ0) is 9.52. The van der Waals surface area contributed by atoms with Gasteiger partial charge in [-0.25, -0.2) is 4.98 Å². The van der Waals surface area contributed by atoms with Gasteiger partial charge in [0.1, 0.15) is 5.82 Å². The van der Waals surface area contributed by atoms with E-state index in [1.807, 2.05) is 13.8 Å². The summed E-state index contributed by atoms with van der Waals surface area (Å²) in [5.74, 6) is 0.874. The number of aromatic nitrogens is 1. The van der Waals surface area contributed by atoms with Crippen molar-refractivity contribution in [1.29, 1.82) is 0 Å². The van der Waals surface area contributed by atoms with Crippen LogP contribution >= 0.6 is 0 Å². The van der Waals surface area contributed by atoms with E-state index < -0.39 is 0 Å². The third-order valence-corrected chi connectivity index (χ3v) is 1.62. The third-order valence-electron chi connectivity index (χ3n) is 1.62. The van der Waals surface area contributed by atoms with Gasteiger partial charge in [-0.1, -0.05) is 0 Å². The molecule has 0 aliphatic rings. The number of anilines is 1. The van der Waals surface area contributed by atoms with Gasteiger partial charge in [-0.05, 0) is 26.0 Å². The molecule has 1 aromatic rings. The summed E-state index contributed by atoms with van der Waals surface area (Å²) in [6.07, 6.45) is 1.73. The normalized spacial score (nSPS) is 10.0. The van der Waals surface area contributed by atoms with E-state index >= 15 is 0 Å². The first kappa shape index (κ1) is 9.99. The van der Waals surface area contributed by atoms with Crippen LogP contribution in [-0.2, 0) is 11.3 Å². The van der Waals surface area contributed by atoms with Crippen LogP contribution in [0.15, 0.2) is 12.3 Å². The molecule has 0 saturated heterocycles. The molecule has 0 atom stereocenters. The minimum absolute atomic E-state index is 0.576. The molecule has 0 fully saturated rings. The molecular weight excluding hydrogens is 164 g/mol. The van der Waals surface area contributed by atoms with E-state index in [-0.39, 0.29) is 0 Å². The third kappa shape index (κ3) is 3.03. The Balaban J connectivity index is 2.66. The summed E-state index contributed by atoms with van der Waals surface area (Å²) in [5, 5.41) is 3.16. The van der Waals surface area contributed by atoms with Gasteiger partial charge in [0.25, 0.3) is 0 Å². The average molecular weight is 179 g/mol. The van der Waals surface area contributed by atoms with Crippen molar-refractivity contribution in [2.45, 2.75) is 20.5 Å². The van der Waals surface area contributed by atoms with Crippen molar-refractivity contribution in [3.05, 3.63) is 23.9 Å². The van der Waals surface area contributed by atoms with E-state index in [1.165, 1.54) is 0 Å². The fraction of sp³-hybridized carbons (Fsp3) is 0.500. The first-order valence-corrected chi connectivity index (χ1v) is 4.55. The fourth-order valence-electron chi connectivity index (χ4n) is 1.03. The van der Waals surface area contributed by atoms with Gasteiger partial charge < -0.3 is 10.1 Å². The maximum Gasteiger partial charge on any atom is 0.132 e. The minimum Gasteiger partial charge on any atom is -0.377 e. The number of hydrogen-bond donors (Lipinski definition) is 1. The van der Waals surface area contributed by atoms with Crippen molar-refractivity contribution in [1.82, 2.24) is 4.98 Å². The van der Waals surface area contributed by atoms with Crippen molar-refractivity contribution in [3.8, 4) is 0 Å².